The summed E-state index contributed by atoms with van der Waals surface area (Å²) in [5, 5.41) is 2.30. The SMILES string of the molecule is C1C2CC3C1C3S2. The predicted molar refractivity (Wildman–Crippen MR) is 31.4 cm³/mol. The van der Waals surface area contributed by atoms with E-state index in [-0.39, 0.29) is 0 Å². The largest absolute Gasteiger partial charge is 0.155 e. The van der Waals surface area contributed by atoms with E-state index in [1.165, 1.54) is 17.1 Å². The molecule has 7 heavy (non-hydrogen) atoms. The van der Waals surface area contributed by atoms with Crippen molar-refractivity contribution in [3.8, 4) is 0 Å². The predicted octanol–water partition coefficient (Wildman–Crippen LogP) is 1.51. The highest BCUT2D eigenvalue weighted by Gasteiger charge is 2.63. The quantitative estimate of drug-likeness (QED) is 0.457. The Morgan fingerprint density at radius 3 is 2.00 bits per heavy atom. The van der Waals surface area contributed by atoms with Crippen molar-refractivity contribution in [3.05, 3.63) is 0 Å². The first-order chi connectivity index (χ1) is 3.45. The summed E-state index contributed by atoms with van der Waals surface area (Å²) in [4.78, 5) is 0. The summed E-state index contributed by atoms with van der Waals surface area (Å²) in [6.07, 6.45) is 3.17. The van der Waals surface area contributed by atoms with Gasteiger partial charge in [0.2, 0.25) is 0 Å². The fourth-order valence-electron chi connectivity index (χ4n) is 2.27. The molecular formula is C6H8S. The summed E-state index contributed by atoms with van der Waals surface area (Å²) in [6.45, 7) is 0. The van der Waals surface area contributed by atoms with E-state index in [4.69, 9.17) is 0 Å². The van der Waals surface area contributed by atoms with Crippen molar-refractivity contribution in [3.63, 3.8) is 0 Å². The van der Waals surface area contributed by atoms with Crippen LogP contribution in [-0.2, 0) is 0 Å². The van der Waals surface area contributed by atoms with Crippen molar-refractivity contribution in [2.24, 2.45) is 11.8 Å². The van der Waals surface area contributed by atoms with Gasteiger partial charge in [-0.1, -0.05) is 0 Å². The number of rotatable bonds is 0. The monoisotopic (exact) mass is 112 g/mol. The maximum Gasteiger partial charge on any atom is 0.0113 e. The molecule has 4 aliphatic rings. The third-order valence-electron chi connectivity index (χ3n) is 2.67. The van der Waals surface area contributed by atoms with Crippen LogP contribution in [0.25, 0.3) is 0 Å². The third-order valence-corrected chi connectivity index (χ3v) is 4.46. The Kier molecular flexibility index (Phi) is 0.374. The van der Waals surface area contributed by atoms with Crippen molar-refractivity contribution in [2.75, 3.05) is 0 Å². The standard InChI is InChI=1S/C6H8S/c1-3-2-5-4(1)6(5)7-3/h3-6H,1-2H2. The van der Waals surface area contributed by atoms with E-state index in [1.807, 2.05) is 0 Å². The molecule has 0 radical (unpaired) electrons. The fourth-order valence-corrected chi connectivity index (χ4v) is 4.32. The molecule has 4 fully saturated rings. The van der Waals surface area contributed by atoms with Crippen molar-refractivity contribution < 1.29 is 0 Å². The lowest BCUT2D eigenvalue weighted by Crippen LogP contribution is -1.84. The molecule has 0 N–H and O–H groups in total. The van der Waals surface area contributed by atoms with E-state index in [1.54, 1.807) is 12.8 Å². The second kappa shape index (κ2) is 0.771. The minimum absolute atomic E-state index is 1.12. The van der Waals surface area contributed by atoms with Gasteiger partial charge in [-0.3, -0.25) is 0 Å². The number of hydrogen-bond acceptors (Lipinski definition) is 1. The second-order valence-corrected chi connectivity index (χ2v) is 4.50. The average molecular weight is 112 g/mol. The Labute approximate surface area is 47.7 Å². The highest BCUT2D eigenvalue weighted by molar-refractivity contribution is 8.01. The van der Waals surface area contributed by atoms with Crippen molar-refractivity contribution in [2.45, 2.75) is 23.3 Å². The van der Waals surface area contributed by atoms with Crippen LogP contribution in [0.1, 0.15) is 12.8 Å². The molecule has 2 heterocycles. The molecule has 4 bridgehead atoms. The highest BCUT2D eigenvalue weighted by atomic mass is 32.2. The van der Waals surface area contributed by atoms with Crippen LogP contribution in [0.5, 0.6) is 0 Å². The van der Waals surface area contributed by atoms with Crippen LogP contribution in [0.15, 0.2) is 0 Å². The van der Waals surface area contributed by atoms with Gasteiger partial charge in [-0.2, -0.15) is 11.8 Å². The zero-order chi connectivity index (χ0) is 4.43. The first kappa shape index (κ1) is 3.39. The maximum atomic E-state index is 2.27. The minimum atomic E-state index is 1.12. The topological polar surface area (TPSA) is 0 Å². The van der Waals surface area contributed by atoms with E-state index in [9.17, 15) is 0 Å². The van der Waals surface area contributed by atoms with Gasteiger partial charge in [0.25, 0.3) is 0 Å². The van der Waals surface area contributed by atoms with Gasteiger partial charge in [0.15, 0.2) is 0 Å². The van der Waals surface area contributed by atoms with Crippen molar-refractivity contribution >= 4 is 11.8 Å². The molecule has 2 unspecified atom stereocenters. The molecule has 0 aromatic carbocycles. The summed E-state index contributed by atoms with van der Waals surface area (Å²) in [6, 6.07) is 0. The Balaban J connectivity index is 2.17. The fraction of sp³-hybridized carbons (Fsp3) is 1.00. The second-order valence-electron chi connectivity index (χ2n) is 3.02. The van der Waals surface area contributed by atoms with Crippen LogP contribution in [0.4, 0.5) is 0 Å². The van der Waals surface area contributed by atoms with E-state index < -0.39 is 0 Å². The van der Waals surface area contributed by atoms with Gasteiger partial charge in [-0.15, -0.1) is 0 Å². The Morgan fingerprint density at radius 2 is 1.86 bits per heavy atom. The van der Waals surface area contributed by atoms with Gasteiger partial charge >= 0.3 is 0 Å². The first-order valence-electron chi connectivity index (χ1n) is 3.10. The maximum absolute atomic E-state index is 2.27. The molecule has 0 aromatic heterocycles. The minimum Gasteiger partial charge on any atom is -0.155 e. The molecule has 38 valence electrons. The Hall–Kier alpha value is 0.350. The summed E-state index contributed by atoms with van der Waals surface area (Å²) in [7, 11) is 0. The van der Waals surface area contributed by atoms with Gasteiger partial charge in [0, 0.05) is 10.5 Å². The van der Waals surface area contributed by atoms with Gasteiger partial charge in [0.05, 0.1) is 0 Å². The molecule has 0 aromatic rings. The summed E-state index contributed by atoms with van der Waals surface area (Å²) in [5.74, 6) is 2.44. The molecule has 0 nitrogen and oxygen atoms in total. The molecule has 0 spiro atoms. The van der Waals surface area contributed by atoms with Gasteiger partial charge in [-0.25, -0.2) is 0 Å². The Bertz CT molecular complexity index is 91.6. The van der Waals surface area contributed by atoms with Crippen LogP contribution < -0.4 is 0 Å². The van der Waals surface area contributed by atoms with E-state index in [0.717, 1.165) is 5.25 Å². The van der Waals surface area contributed by atoms with Crippen LogP contribution in [0, 0.1) is 11.8 Å². The molecule has 2 saturated carbocycles. The Morgan fingerprint density at radius 1 is 1.14 bits per heavy atom. The van der Waals surface area contributed by atoms with Crippen LogP contribution in [0.3, 0.4) is 0 Å². The molecule has 4 rings (SSSR count). The lowest BCUT2D eigenvalue weighted by Gasteiger charge is -1.91. The van der Waals surface area contributed by atoms with Gasteiger partial charge in [-0.05, 0) is 24.7 Å². The van der Waals surface area contributed by atoms with E-state index >= 15 is 0 Å². The first-order valence-corrected chi connectivity index (χ1v) is 4.05. The van der Waals surface area contributed by atoms with Crippen LogP contribution in [0.2, 0.25) is 0 Å². The zero-order valence-corrected chi connectivity index (χ0v) is 4.95. The van der Waals surface area contributed by atoms with E-state index in [0.29, 0.717) is 0 Å². The highest BCUT2D eigenvalue weighted by Crippen LogP contribution is 2.69. The third kappa shape index (κ3) is 0.241. The van der Waals surface area contributed by atoms with Crippen LogP contribution in [-0.4, -0.2) is 10.5 Å². The average Bonchev–Trinajstić information content (AvgIpc) is 2.10. The molecule has 2 aliphatic heterocycles. The van der Waals surface area contributed by atoms with Crippen LogP contribution >= 0.6 is 11.8 Å². The number of hydrogen-bond donors (Lipinski definition) is 0. The van der Waals surface area contributed by atoms with Crippen molar-refractivity contribution in [1.29, 1.82) is 0 Å². The molecule has 2 atom stereocenters. The smallest absolute Gasteiger partial charge is 0.0113 e. The molecular weight excluding hydrogens is 104 g/mol. The molecule has 2 aliphatic carbocycles. The van der Waals surface area contributed by atoms with Crippen molar-refractivity contribution in [1.82, 2.24) is 0 Å². The number of thioether (sulfide) groups is 1. The van der Waals surface area contributed by atoms with E-state index in [2.05, 4.69) is 11.8 Å². The molecule has 2 saturated heterocycles. The molecule has 1 heteroatoms. The van der Waals surface area contributed by atoms with Gasteiger partial charge in [0.1, 0.15) is 0 Å². The summed E-state index contributed by atoms with van der Waals surface area (Å²) >= 11 is 2.27. The van der Waals surface area contributed by atoms with Gasteiger partial charge < -0.3 is 0 Å². The lowest BCUT2D eigenvalue weighted by atomic mass is 10.3. The zero-order valence-electron chi connectivity index (χ0n) is 4.13. The molecule has 0 amide bonds. The summed E-state index contributed by atoms with van der Waals surface area (Å²) in [5.41, 5.74) is 0. The summed E-state index contributed by atoms with van der Waals surface area (Å²) < 4.78 is 0. The lowest BCUT2D eigenvalue weighted by molar-refractivity contribution is 0.814. The normalized spacial score (nSPS) is 72.0.